The van der Waals surface area contributed by atoms with Crippen LogP contribution < -0.4 is 4.74 Å². The summed E-state index contributed by atoms with van der Waals surface area (Å²) in [7, 11) is 5.81. The van der Waals surface area contributed by atoms with Crippen LogP contribution >= 0.6 is 0 Å². The molecule has 0 aliphatic carbocycles. The number of benzene rings is 3. The van der Waals surface area contributed by atoms with Gasteiger partial charge in [-0.1, -0.05) is 60.7 Å². The smallest absolute Gasteiger partial charge is 0.177 e. The third-order valence-electron chi connectivity index (χ3n) is 6.33. The Morgan fingerprint density at radius 2 is 1.35 bits per heavy atom. The van der Waals surface area contributed by atoms with Crippen LogP contribution in [0.2, 0.25) is 0 Å². The molecule has 1 atom stereocenters. The van der Waals surface area contributed by atoms with Gasteiger partial charge in [-0.25, -0.2) is 0 Å². The molecule has 0 aliphatic heterocycles. The summed E-state index contributed by atoms with van der Waals surface area (Å²) in [5.74, 6) is 0.954. The number of rotatable bonds is 8. The van der Waals surface area contributed by atoms with E-state index in [9.17, 15) is 4.79 Å². The van der Waals surface area contributed by atoms with Gasteiger partial charge in [0.1, 0.15) is 5.75 Å². The molecular weight excluding hydrogens is 382 g/mol. The van der Waals surface area contributed by atoms with Crippen molar-refractivity contribution in [3.8, 4) is 5.75 Å². The number of ether oxygens (including phenoxy) is 1. The van der Waals surface area contributed by atoms with Gasteiger partial charge in [-0.05, 0) is 75.7 Å². The van der Waals surface area contributed by atoms with E-state index in [4.69, 9.17) is 4.74 Å². The van der Waals surface area contributed by atoms with Gasteiger partial charge >= 0.3 is 0 Å². The van der Waals surface area contributed by atoms with Crippen LogP contribution in [0.1, 0.15) is 46.0 Å². The third kappa shape index (κ3) is 4.42. The first kappa shape index (κ1) is 22.8. The van der Waals surface area contributed by atoms with Crippen LogP contribution in [0.4, 0.5) is 0 Å². The highest BCUT2D eigenvalue weighted by Gasteiger charge is 2.43. The van der Waals surface area contributed by atoms with Crippen molar-refractivity contribution in [1.82, 2.24) is 4.90 Å². The first-order chi connectivity index (χ1) is 14.8. The lowest BCUT2D eigenvalue weighted by Gasteiger charge is -2.38. The minimum atomic E-state index is -0.792. The lowest BCUT2D eigenvalue weighted by molar-refractivity contribution is 0.0882. The van der Waals surface area contributed by atoms with E-state index < -0.39 is 5.41 Å². The molecule has 3 rings (SSSR count). The number of aryl methyl sites for hydroxylation is 2. The lowest BCUT2D eigenvalue weighted by atomic mass is 9.66. The number of carbonyl (C=O) groups excluding carboxylic acids is 1. The Kier molecular flexibility index (Phi) is 6.97. The fourth-order valence-electron chi connectivity index (χ4n) is 4.48. The number of nitrogens with zero attached hydrogens (tertiary/aromatic N) is 1. The summed E-state index contributed by atoms with van der Waals surface area (Å²) >= 11 is 0. The van der Waals surface area contributed by atoms with E-state index in [0.717, 1.165) is 33.6 Å². The fraction of sp³-hybridized carbons (Fsp3) is 0.321. The van der Waals surface area contributed by atoms with Crippen LogP contribution in [0.15, 0.2) is 72.8 Å². The van der Waals surface area contributed by atoms with Crippen LogP contribution in [0.5, 0.6) is 5.75 Å². The second-order valence-electron chi connectivity index (χ2n) is 8.63. The molecule has 0 radical (unpaired) electrons. The molecule has 0 heterocycles. The molecule has 0 saturated heterocycles. The Labute approximate surface area is 186 Å². The van der Waals surface area contributed by atoms with Crippen LogP contribution in [-0.4, -0.2) is 37.9 Å². The van der Waals surface area contributed by atoms with E-state index in [-0.39, 0.29) is 11.8 Å². The maximum Gasteiger partial charge on any atom is 0.177 e. The molecule has 0 saturated carbocycles. The minimum absolute atomic E-state index is 0.118. The molecule has 162 valence electrons. The standard InChI is InChI=1S/C28H33NO2/c1-20-17-23(18-21(2)26(20)31-6)27(30)28(19-22(3)29(4)5,24-13-9-7-10-14-24)25-15-11-8-12-16-25/h7-18,22H,19H2,1-6H3/t22-/m0/s1. The predicted octanol–water partition coefficient (Wildman–Crippen LogP) is 5.82. The molecule has 0 fully saturated rings. The van der Waals surface area contributed by atoms with Gasteiger partial charge in [-0.3, -0.25) is 4.79 Å². The molecule has 31 heavy (non-hydrogen) atoms. The SMILES string of the molecule is COc1c(C)cc(C(=O)C(C[C@H](C)N(C)C)(c2ccccc2)c2ccccc2)cc1C. The fourth-order valence-corrected chi connectivity index (χ4v) is 4.48. The van der Waals surface area contributed by atoms with Crippen molar-refractivity contribution < 1.29 is 9.53 Å². The summed E-state index contributed by atoms with van der Waals surface area (Å²) < 4.78 is 5.54. The quantitative estimate of drug-likeness (QED) is 0.434. The minimum Gasteiger partial charge on any atom is -0.496 e. The van der Waals surface area contributed by atoms with Gasteiger partial charge in [0.15, 0.2) is 5.78 Å². The number of hydrogen-bond donors (Lipinski definition) is 0. The predicted molar refractivity (Wildman–Crippen MR) is 128 cm³/mol. The van der Waals surface area contributed by atoms with Crippen molar-refractivity contribution in [3.63, 3.8) is 0 Å². The van der Waals surface area contributed by atoms with Crippen molar-refractivity contribution >= 4 is 5.78 Å². The van der Waals surface area contributed by atoms with E-state index in [1.807, 2.05) is 62.4 Å². The molecule has 0 N–H and O–H groups in total. The molecule has 0 aliphatic rings. The van der Waals surface area contributed by atoms with Gasteiger partial charge in [0.2, 0.25) is 0 Å². The average molecular weight is 416 g/mol. The molecule has 0 amide bonds. The van der Waals surface area contributed by atoms with Crippen molar-refractivity contribution in [3.05, 3.63) is 101 Å². The maximum atomic E-state index is 14.5. The second-order valence-corrected chi connectivity index (χ2v) is 8.63. The van der Waals surface area contributed by atoms with Gasteiger partial charge in [0.25, 0.3) is 0 Å². The van der Waals surface area contributed by atoms with Gasteiger partial charge in [-0.15, -0.1) is 0 Å². The normalized spacial score (nSPS) is 12.6. The van der Waals surface area contributed by atoms with E-state index in [2.05, 4.69) is 50.2 Å². The molecule has 0 aromatic heterocycles. The molecule has 3 aromatic carbocycles. The average Bonchev–Trinajstić information content (AvgIpc) is 2.77. The Balaban J connectivity index is 2.30. The number of methoxy groups -OCH3 is 1. The van der Waals surface area contributed by atoms with Crippen LogP contribution in [0.3, 0.4) is 0 Å². The summed E-state index contributed by atoms with van der Waals surface area (Å²) in [6.07, 6.45) is 0.678. The zero-order valence-electron chi connectivity index (χ0n) is 19.5. The van der Waals surface area contributed by atoms with Gasteiger partial charge in [-0.2, -0.15) is 0 Å². The van der Waals surface area contributed by atoms with E-state index in [1.54, 1.807) is 7.11 Å². The van der Waals surface area contributed by atoms with Crippen molar-refractivity contribution in [2.45, 2.75) is 38.6 Å². The zero-order chi connectivity index (χ0) is 22.6. The third-order valence-corrected chi connectivity index (χ3v) is 6.33. The van der Waals surface area contributed by atoms with Crippen LogP contribution in [0.25, 0.3) is 0 Å². The lowest BCUT2D eigenvalue weighted by Crippen LogP contribution is -2.43. The summed E-state index contributed by atoms with van der Waals surface area (Å²) in [5.41, 5.74) is 3.91. The number of carbonyl (C=O) groups is 1. The highest BCUT2D eigenvalue weighted by Crippen LogP contribution is 2.41. The number of Topliss-reactive ketones (excluding diaryl/α,β-unsaturated/α-hetero) is 1. The Bertz CT molecular complexity index is 963. The molecule has 3 aromatic rings. The van der Waals surface area contributed by atoms with Crippen LogP contribution in [0, 0.1) is 13.8 Å². The van der Waals surface area contributed by atoms with Crippen molar-refractivity contribution in [1.29, 1.82) is 0 Å². The zero-order valence-corrected chi connectivity index (χ0v) is 19.5. The Hall–Kier alpha value is -2.91. The number of ketones is 1. The Morgan fingerprint density at radius 1 is 0.903 bits per heavy atom. The monoisotopic (exact) mass is 415 g/mol. The van der Waals surface area contributed by atoms with Crippen LogP contribution in [-0.2, 0) is 5.41 Å². The first-order valence-corrected chi connectivity index (χ1v) is 10.8. The molecule has 0 bridgehead atoms. The first-order valence-electron chi connectivity index (χ1n) is 10.8. The molecule has 0 spiro atoms. The summed E-state index contributed by atoms with van der Waals surface area (Å²) in [4.78, 5) is 16.6. The van der Waals surface area contributed by atoms with Gasteiger partial charge < -0.3 is 9.64 Å². The molecule has 3 heteroatoms. The second kappa shape index (κ2) is 9.49. The topological polar surface area (TPSA) is 29.5 Å². The van der Waals surface area contributed by atoms with E-state index in [0.29, 0.717) is 6.42 Å². The highest BCUT2D eigenvalue weighted by atomic mass is 16.5. The largest absolute Gasteiger partial charge is 0.496 e. The highest BCUT2D eigenvalue weighted by molar-refractivity contribution is 6.07. The summed E-state index contributed by atoms with van der Waals surface area (Å²) in [6, 6.07) is 24.5. The summed E-state index contributed by atoms with van der Waals surface area (Å²) in [6.45, 7) is 6.17. The maximum absolute atomic E-state index is 14.5. The molecular formula is C28H33NO2. The van der Waals surface area contributed by atoms with Gasteiger partial charge in [0, 0.05) is 11.6 Å². The Morgan fingerprint density at radius 3 is 1.74 bits per heavy atom. The molecule has 0 unspecified atom stereocenters. The van der Waals surface area contributed by atoms with E-state index >= 15 is 0 Å². The number of hydrogen-bond acceptors (Lipinski definition) is 3. The molecule has 3 nitrogen and oxygen atoms in total. The van der Waals surface area contributed by atoms with Crippen molar-refractivity contribution in [2.75, 3.05) is 21.2 Å². The van der Waals surface area contributed by atoms with E-state index in [1.165, 1.54) is 0 Å². The van der Waals surface area contributed by atoms with Crippen molar-refractivity contribution in [2.24, 2.45) is 0 Å². The summed E-state index contributed by atoms with van der Waals surface area (Å²) in [5, 5.41) is 0. The van der Waals surface area contributed by atoms with Gasteiger partial charge in [0.05, 0.1) is 12.5 Å².